The maximum Gasteiger partial charge on any atom is 0.243 e. The fourth-order valence-electron chi connectivity index (χ4n) is 2.65. The Morgan fingerprint density at radius 1 is 1.46 bits per heavy atom. The second-order valence-electron chi connectivity index (χ2n) is 6.34. The smallest absolute Gasteiger partial charge is 0.243 e. The number of anilines is 1. The highest BCUT2D eigenvalue weighted by Crippen LogP contribution is 2.30. The molecule has 0 aliphatic carbocycles. The number of aromatic amines is 1. The number of rotatable bonds is 5. The van der Waals surface area contributed by atoms with Crippen molar-refractivity contribution in [3.05, 3.63) is 29.4 Å². The van der Waals surface area contributed by atoms with E-state index < -0.39 is 6.04 Å². The van der Waals surface area contributed by atoms with E-state index in [0.29, 0.717) is 17.5 Å². The highest BCUT2D eigenvalue weighted by molar-refractivity contribution is 7.14. The summed E-state index contributed by atoms with van der Waals surface area (Å²) in [6.45, 7) is 6.08. The largest absolute Gasteiger partial charge is 0.344 e. The molecule has 0 aliphatic rings. The Bertz CT molecular complexity index is 867. The number of hydrogen-bond donors (Lipinski definition) is 3. The van der Waals surface area contributed by atoms with Crippen molar-refractivity contribution in [1.82, 2.24) is 15.0 Å². The summed E-state index contributed by atoms with van der Waals surface area (Å²) in [5.74, 6) is 0.182. The van der Waals surface area contributed by atoms with Gasteiger partial charge in [-0.3, -0.25) is 4.79 Å². The van der Waals surface area contributed by atoms with Crippen LogP contribution in [0.2, 0.25) is 0 Å². The van der Waals surface area contributed by atoms with Crippen LogP contribution in [-0.2, 0) is 4.79 Å². The predicted octanol–water partition coefficient (Wildman–Crippen LogP) is 3.31. The van der Waals surface area contributed by atoms with Crippen LogP contribution in [0.5, 0.6) is 0 Å². The molecule has 0 unspecified atom stereocenters. The molecule has 7 heteroatoms. The first-order valence-corrected chi connectivity index (χ1v) is 8.78. The minimum atomic E-state index is -0.516. The number of nitrogens with two attached hydrogens (primary N) is 1. The number of carbonyl (C=O) groups excluding carboxylic acids is 1. The number of pyridine rings is 1. The molecule has 3 aromatic rings. The minimum absolute atomic E-state index is 0.193. The Morgan fingerprint density at radius 2 is 2.25 bits per heavy atom. The molecule has 0 radical (unpaired) electrons. The summed E-state index contributed by atoms with van der Waals surface area (Å²) in [6.07, 6.45) is 2.40. The lowest BCUT2D eigenvalue weighted by Crippen LogP contribution is -2.36. The molecule has 3 aromatic heterocycles. The van der Waals surface area contributed by atoms with E-state index in [-0.39, 0.29) is 5.91 Å². The van der Waals surface area contributed by atoms with E-state index in [1.807, 2.05) is 38.3 Å². The van der Waals surface area contributed by atoms with E-state index in [2.05, 4.69) is 20.3 Å². The molecule has 4 N–H and O–H groups in total. The van der Waals surface area contributed by atoms with Crippen molar-refractivity contribution in [1.29, 1.82) is 0 Å². The van der Waals surface area contributed by atoms with Gasteiger partial charge in [0, 0.05) is 28.2 Å². The van der Waals surface area contributed by atoms with Crippen LogP contribution in [0.1, 0.15) is 26.0 Å². The van der Waals surface area contributed by atoms with Crippen LogP contribution in [0, 0.1) is 12.8 Å². The number of thiazole rings is 1. The predicted molar refractivity (Wildman–Crippen MR) is 98.0 cm³/mol. The number of nitrogens with one attached hydrogen (secondary N) is 2. The van der Waals surface area contributed by atoms with Crippen LogP contribution < -0.4 is 11.1 Å². The average Bonchev–Trinajstić information content (AvgIpc) is 3.11. The summed E-state index contributed by atoms with van der Waals surface area (Å²) < 4.78 is 0. The van der Waals surface area contributed by atoms with Crippen molar-refractivity contribution >= 4 is 33.4 Å². The zero-order valence-corrected chi connectivity index (χ0v) is 14.8. The van der Waals surface area contributed by atoms with Gasteiger partial charge in [0.25, 0.3) is 0 Å². The summed E-state index contributed by atoms with van der Waals surface area (Å²) in [5.41, 5.74) is 9.61. The number of carbonyl (C=O) groups is 1. The molecule has 0 saturated heterocycles. The van der Waals surface area contributed by atoms with Gasteiger partial charge in [0.1, 0.15) is 5.65 Å². The third kappa shape index (κ3) is 3.47. The summed E-state index contributed by atoms with van der Waals surface area (Å²) in [6, 6.07) is 3.46. The first-order valence-electron chi connectivity index (χ1n) is 7.90. The first kappa shape index (κ1) is 16.6. The number of nitrogens with zero attached hydrogens (tertiary/aromatic N) is 2. The van der Waals surface area contributed by atoms with Gasteiger partial charge in [-0.1, -0.05) is 13.8 Å². The number of H-pyrrole nitrogens is 1. The Hall–Kier alpha value is -2.25. The third-order valence-electron chi connectivity index (χ3n) is 3.74. The number of fused-ring (bicyclic) bond motifs is 1. The molecule has 0 saturated carbocycles. The molecule has 0 bridgehead atoms. The molecule has 0 spiro atoms. The second kappa shape index (κ2) is 6.70. The normalized spacial score (nSPS) is 12.7. The molecular weight excluding hydrogens is 322 g/mol. The molecule has 3 heterocycles. The van der Waals surface area contributed by atoms with E-state index in [4.69, 9.17) is 5.73 Å². The summed E-state index contributed by atoms with van der Waals surface area (Å²) in [4.78, 5) is 24.2. The summed E-state index contributed by atoms with van der Waals surface area (Å²) in [5, 5.41) is 6.33. The highest BCUT2D eigenvalue weighted by atomic mass is 32.1. The molecule has 6 nitrogen and oxygen atoms in total. The van der Waals surface area contributed by atoms with Crippen molar-refractivity contribution in [2.24, 2.45) is 11.7 Å². The zero-order valence-electron chi connectivity index (χ0n) is 14.0. The van der Waals surface area contributed by atoms with Gasteiger partial charge in [0.15, 0.2) is 5.13 Å². The lowest BCUT2D eigenvalue weighted by atomic mass is 10.0. The molecule has 126 valence electrons. The molecular formula is C17H21N5OS. The standard InChI is InChI=1S/C17H21N5OS/c1-9(2)6-13(18)16(23)22-17-21-14(8-24-17)11-4-5-19-15-12(11)7-10(3)20-15/h4-5,7-9,13H,6,18H2,1-3H3,(H,19,20)(H,21,22,23)/t13-/m1/s1. The molecule has 24 heavy (non-hydrogen) atoms. The molecule has 1 amide bonds. The van der Waals surface area contributed by atoms with Gasteiger partial charge in [0.2, 0.25) is 5.91 Å². The van der Waals surface area contributed by atoms with Gasteiger partial charge in [-0.15, -0.1) is 11.3 Å². The molecule has 0 aromatic carbocycles. The molecule has 0 fully saturated rings. The van der Waals surface area contributed by atoms with E-state index >= 15 is 0 Å². The maximum atomic E-state index is 12.1. The van der Waals surface area contributed by atoms with Crippen LogP contribution in [0.3, 0.4) is 0 Å². The van der Waals surface area contributed by atoms with Crippen LogP contribution in [0.25, 0.3) is 22.3 Å². The minimum Gasteiger partial charge on any atom is -0.344 e. The van der Waals surface area contributed by atoms with Gasteiger partial charge in [-0.05, 0) is 31.4 Å². The highest BCUT2D eigenvalue weighted by Gasteiger charge is 2.17. The Kier molecular flexibility index (Phi) is 4.64. The number of aromatic nitrogens is 3. The Labute approximate surface area is 144 Å². The van der Waals surface area contributed by atoms with Crippen molar-refractivity contribution in [3.8, 4) is 11.3 Å². The SMILES string of the molecule is Cc1cc2c(-c3csc(NC(=O)[C@H](N)CC(C)C)n3)ccnc2[nH]1. The van der Waals surface area contributed by atoms with E-state index in [1.54, 1.807) is 6.20 Å². The Morgan fingerprint density at radius 3 is 3.00 bits per heavy atom. The van der Waals surface area contributed by atoms with Gasteiger partial charge >= 0.3 is 0 Å². The van der Waals surface area contributed by atoms with Gasteiger partial charge in [0.05, 0.1) is 11.7 Å². The molecule has 3 rings (SSSR count). The van der Waals surface area contributed by atoms with E-state index in [1.165, 1.54) is 11.3 Å². The average molecular weight is 343 g/mol. The van der Waals surface area contributed by atoms with Gasteiger partial charge in [-0.25, -0.2) is 9.97 Å². The second-order valence-corrected chi connectivity index (χ2v) is 7.19. The van der Waals surface area contributed by atoms with Crippen molar-refractivity contribution in [3.63, 3.8) is 0 Å². The maximum absolute atomic E-state index is 12.1. The fraction of sp³-hybridized carbons (Fsp3) is 0.353. The van der Waals surface area contributed by atoms with Crippen LogP contribution >= 0.6 is 11.3 Å². The topological polar surface area (TPSA) is 96.7 Å². The zero-order chi connectivity index (χ0) is 17.3. The Balaban J connectivity index is 1.81. The van der Waals surface area contributed by atoms with Crippen LogP contribution in [-0.4, -0.2) is 26.9 Å². The number of hydrogen-bond acceptors (Lipinski definition) is 5. The summed E-state index contributed by atoms with van der Waals surface area (Å²) >= 11 is 1.40. The fourth-order valence-corrected chi connectivity index (χ4v) is 3.36. The van der Waals surface area contributed by atoms with Gasteiger partial charge < -0.3 is 16.0 Å². The molecule has 0 aliphatic heterocycles. The van der Waals surface area contributed by atoms with Crippen LogP contribution in [0.4, 0.5) is 5.13 Å². The molecule has 1 atom stereocenters. The lowest BCUT2D eigenvalue weighted by molar-refractivity contribution is -0.117. The van der Waals surface area contributed by atoms with E-state index in [0.717, 1.165) is 28.0 Å². The number of amides is 1. The monoisotopic (exact) mass is 343 g/mol. The van der Waals surface area contributed by atoms with Gasteiger partial charge in [-0.2, -0.15) is 0 Å². The first-order chi connectivity index (χ1) is 11.4. The number of aryl methyl sites for hydroxylation is 1. The van der Waals surface area contributed by atoms with Crippen molar-refractivity contribution in [2.75, 3.05) is 5.32 Å². The third-order valence-corrected chi connectivity index (χ3v) is 4.50. The quantitative estimate of drug-likeness (QED) is 0.662. The lowest BCUT2D eigenvalue weighted by Gasteiger charge is -2.12. The van der Waals surface area contributed by atoms with Crippen molar-refractivity contribution < 1.29 is 4.79 Å². The summed E-state index contributed by atoms with van der Waals surface area (Å²) in [7, 11) is 0. The van der Waals surface area contributed by atoms with Crippen LogP contribution in [0.15, 0.2) is 23.7 Å². The van der Waals surface area contributed by atoms with Crippen molar-refractivity contribution in [2.45, 2.75) is 33.2 Å². The van der Waals surface area contributed by atoms with E-state index in [9.17, 15) is 4.79 Å².